The van der Waals surface area contributed by atoms with E-state index in [0.29, 0.717) is 33.6 Å². The van der Waals surface area contributed by atoms with Crippen LogP contribution in [0.5, 0.6) is 5.75 Å². The molecule has 1 aliphatic rings. The number of halogens is 3. The number of benzene rings is 2. The number of rotatable bonds is 6. The second kappa shape index (κ2) is 8.66. The lowest BCUT2D eigenvalue weighted by atomic mass is 10.0. The molecular formula is C21H19Cl3N2O3. The molecule has 2 amide bonds. The van der Waals surface area contributed by atoms with Crippen LogP contribution in [0.15, 0.2) is 42.1 Å². The number of nitrogens with zero attached hydrogens (tertiary/aromatic N) is 1. The Morgan fingerprint density at radius 1 is 1.00 bits per heavy atom. The van der Waals surface area contributed by atoms with E-state index in [2.05, 4.69) is 5.32 Å². The smallest absolute Gasteiger partial charge is 0.278 e. The Bertz CT molecular complexity index is 1020. The van der Waals surface area contributed by atoms with Crippen LogP contribution in [0.3, 0.4) is 0 Å². The van der Waals surface area contributed by atoms with Crippen molar-refractivity contribution in [3.8, 4) is 5.75 Å². The molecule has 3 rings (SSSR count). The second-order valence-electron chi connectivity index (χ2n) is 6.96. The molecule has 0 aromatic heterocycles. The average Bonchev–Trinajstić information content (AvgIpc) is 2.86. The zero-order valence-corrected chi connectivity index (χ0v) is 18.3. The van der Waals surface area contributed by atoms with Gasteiger partial charge >= 0.3 is 0 Å². The number of anilines is 1. The van der Waals surface area contributed by atoms with Gasteiger partial charge in [0.15, 0.2) is 0 Å². The molecule has 152 valence electrons. The molecule has 29 heavy (non-hydrogen) atoms. The maximum atomic E-state index is 13.1. The summed E-state index contributed by atoms with van der Waals surface area (Å²) in [5, 5.41) is 4.14. The van der Waals surface area contributed by atoms with Gasteiger partial charge in [-0.3, -0.25) is 14.5 Å². The van der Waals surface area contributed by atoms with E-state index >= 15 is 0 Å². The number of ether oxygens (including phenoxy) is 1. The first-order valence-electron chi connectivity index (χ1n) is 8.89. The number of hydrogen-bond donors (Lipinski definition) is 1. The van der Waals surface area contributed by atoms with Crippen molar-refractivity contribution in [1.29, 1.82) is 0 Å². The molecule has 0 saturated carbocycles. The van der Waals surface area contributed by atoms with Crippen LogP contribution in [-0.2, 0) is 9.59 Å². The topological polar surface area (TPSA) is 58.6 Å². The Hall–Kier alpha value is -2.21. The third-order valence-corrected chi connectivity index (χ3v) is 5.18. The van der Waals surface area contributed by atoms with Gasteiger partial charge in [-0.25, -0.2) is 0 Å². The van der Waals surface area contributed by atoms with Crippen molar-refractivity contribution in [2.45, 2.75) is 13.8 Å². The molecule has 1 aliphatic heterocycles. The largest absolute Gasteiger partial charge is 0.495 e. The number of nitrogens with one attached hydrogen (secondary N) is 1. The van der Waals surface area contributed by atoms with Crippen molar-refractivity contribution < 1.29 is 14.3 Å². The predicted molar refractivity (Wildman–Crippen MR) is 117 cm³/mol. The fourth-order valence-electron chi connectivity index (χ4n) is 3.05. The molecule has 0 atom stereocenters. The van der Waals surface area contributed by atoms with Crippen LogP contribution in [0.1, 0.15) is 19.4 Å². The molecule has 0 unspecified atom stereocenters. The van der Waals surface area contributed by atoms with Crippen molar-refractivity contribution in [3.05, 3.63) is 62.7 Å². The van der Waals surface area contributed by atoms with Gasteiger partial charge in [0.2, 0.25) is 0 Å². The highest BCUT2D eigenvalue weighted by Crippen LogP contribution is 2.36. The van der Waals surface area contributed by atoms with Gasteiger partial charge in [0.05, 0.1) is 22.7 Å². The van der Waals surface area contributed by atoms with Crippen molar-refractivity contribution >= 4 is 57.9 Å². The molecule has 2 aromatic carbocycles. The molecule has 1 heterocycles. The van der Waals surface area contributed by atoms with Crippen molar-refractivity contribution in [2.75, 3.05) is 19.0 Å². The lowest BCUT2D eigenvalue weighted by Crippen LogP contribution is -2.35. The Morgan fingerprint density at radius 3 is 2.31 bits per heavy atom. The zero-order valence-electron chi connectivity index (χ0n) is 16.1. The predicted octanol–water partition coefficient (Wildman–Crippen LogP) is 5.50. The number of carbonyl (C=O) groups is 2. The number of carbonyl (C=O) groups excluding carboxylic acids is 2. The summed E-state index contributed by atoms with van der Waals surface area (Å²) in [6.07, 6.45) is 0. The third kappa shape index (κ3) is 4.37. The summed E-state index contributed by atoms with van der Waals surface area (Å²) in [5.74, 6) is -0.214. The molecule has 5 nitrogen and oxygen atoms in total. The van der Waals surface area contributed by atoms with Crippen LogP contribution < -0.4 is 10.1 Å². The summed E-state index contributed by atoms with van der Waals surface area (Å²) in [6, 6.07) is 9.80. The molecule has 0 radical (unpaired) electrons. The van der Waals surface area contributed by atoms with Crippen molar-refractivity contribution in [2.24, 2.45) is 5.92 Å². The van der Waals surface area contributed by atoms with Crippen molar-refractivity contribution in [1.82, 2.24) is 4.90 Å². The summed E-state index contributed by atoms with van der Waals surface area (Å²) in [6.45, 7) is 4.16. The van der Waals surface area contributed by atoms with E-state index in [0.717, 1.165) is 0 Å². The summed E-state index contributed by atoms with van der Waals surface area (Å²) < 4.78 is 5.16. The van der Waals surface area contributed by atoms with E-state index in [9.17, 15) is 9.59 Å². The van der Waals surface area contributed by atoms with Gasteiger partial charge in [0, 0.05) is 22.8 Å². The summed E-state index contributed by atoms with van der Waals surface area (Å²) >= 11 is 18.5. The fourth-order valence-corrected chi connectivity index (χ4v) is 3.81. The van der Waals surface area contributed by atoms with E-state index < -0.39 is 11.8 Å². The third-order valence-electron chi connectivity index (χ3n) is 4.34. The summed E-state index contributed by atoms with van der Waals surface area (Å²) in [5.41, 5.74) is 1.31. The lowest BCUT2D eigenvalue weighted by Gasteiger charge is -2.17. The van der Waals surface area contributed by atoms with Crippen LogP contribution >= 0.6 is 34.8 Å². The highest BCUT2D eigenvalue weighted by molar-refractivity contribution is 6.41. The number of amides is 2. The lowest BCUT2D eigenvalue weighted by molar-refractivity contribution is -0.137. The highest BCUT2D eigenvalue weighted by Gasteiger charge is 2.40. The number of methoxy groups -OCH3 is 1. The molecule has 0 aliphatic carbocycles. The zero-order chi connectivity index (χ0) is 21.3. The van der Waals surface area contributed by atoms with Crippen LogP contribution in [-0.4, -0.2) is 30.4 Å². The van der Waals surface area contributed by atoms with E-state index in [1.165, 1.54) is 18.1 Å². The molecule has 8 heteroatoms. The summed E-state index contributed by atoms with van der Waals surface area (Å²) in [7, 11) is 1.51. The Balaban J connectivity index is 2.10. The standard InChI is InChI=1S/C21H19Cl3N2O3/c1-11(2)10-26-20(27)18(14-6-4-12(22)8-15(14)23)19(21(26)28)25-13-5-7-17(29-3)16(24)9-13/h4-9,11,25H,10H2,1-3H3. The maximum absolute atomic E-state index is 13.1. The monoisotopic (exact) mass is 452 g/mol. The van der Waals surface area contributed by atoms with Gasteiger partial charge in [-0.2, -0.15) is 0 Å². The fraction of sp³-hybridized carbons (Fsp3) is 0.238. The van der Waals surface area contributed by atoms with Crippen LogP contribution in [0.4, 0.5) is 5.69 Å². The SMILES string of the molecule is COc1ccc(NC2=C(c3ccc(Cl)cc3Cl)C(=O)N(CC(C)C)C2=O)cc1Cl. The highest BCUT2D eigenvalue weighted by atomic mass is 35.5. The Labute approximate surface area is 184 Å². The minimum atomic E-state index is -0.420. The molecule has 0 fully saturated rings. The molecule has 0 saturated heterocycles. The van der Waals surface area contributed by atoms with Crippen LogP contribution in [0.25, 0.3) is 5.57 Å². The first kappa shape index (κ1) is 21.5. The number of imide groups is 1. The Morgan fingerprint density at radius 2 is 1.72 bits per heavy atom. The Kier molecular flexibility index (Phi) is 6.42. The van der Waals surface area contributed by atoms with E-state index in [1.54, 1.807) is 30.3 Å². The van der Waals surface area contributed by atoms with E-state index in [-0.39, 0.29) is 22.2 Å². The van der Waals surface area contributed by atoms with Crippen LogP contribution in [0, 0.1) is 5.92 Å². The maximum Gasteiger partial charge on any atom is 0.278 e. The van der Waals surface area contributed by atoms with Crippen LogP contribution in [0.2, 0.25) is 15.1 Å². The van der Waals surface area contributed by atoms with E-state index in [4.69, 9.17) is 39.5 Å². The van der Waals surface area contributed by atoms with Gasteiger partial charge in [-0.15, -0.1) is 0 Å². The first-order valence-corrected chi connectivity index (χ1v) is 10.0. The summed E-state index contributed by atoms with van der Waals surface area (Å²) in [4.78, 5) is 27.4. The molecule has 1 N–H and O–H groups in total. The van der Waals surface area contributed by atoms with Gasteiger partial charge < -0.3 is 10.1 Å². The van der Waals surface area contributed by atoms with Gasteiger partial charge in [-0.05, 0) is 36.2 Å². The molecular weight excluding hydrogens is 435 g/mol. The number of hydrogen-bond acceptors (Lipinski definition) is 4. The quantitative estimate of drug-likeness (QED) is 0.586. The first-order chi connectivity index (χ1) is 13.7. The molecule has 0 spiro atoms. The minimum Gasteiger partial charge on any atom is -0.495 e. The molecule has 2 aromatic rings. The van der Waals surface area contributed by atoms with Gasteiger partial charge in [-0.1, -0.05) is 54.7 Å². The average molecular weight is 454 g/mol. The van der Waals surface area contributed by atoms with Crippen molar-refractivity contribution in [3.63, 3.8) is 0 Å². The normalized spacial score (nSPS) is 14.2. The van der Waals surface area contributed by atoms with Gasteiger partial charge in [0.25, 0.3) is 11.8 Å². The molecule has 0 bridgehead atoms. The van der Waals surface area contributed by atoms with Gasteiger partial charge in [0.1, 0.15) is 11.4 Å². The minimum absolute atomic E-state index is 0.111. The van der Waals surface area contributed by atoms with E-state index in [1.807, 2.05) is 13.8 Å². The second-order valence-corrected chi connectivity index (χ2v) is 8.21.